The van der Waals surface area contributed by atoms with Crippen LogP contribution in [0.4, 0.5) is 0 Å². The monoisotopic (exact) mass is 526 g/mol. The number of pyridine rings is 4. The second-order valence-electron chi connectivity index (χ2n) is 8.85. The first-order valence-electron chi connectivity index (χ1n) is 11.0. The smallest absolute Gasteiger partial charge is 0.277 e. The molecule has 186 valence electrons. The molecule has 1 N–H and O–H groups in total. The lowest BCUT2D eigenvalue weighted by Crippen LogP contribution is -2.31. The van der Waals surface area contributed by atoms with Crippen LogP contribution >= 0.6 is 23.2 Å². The predicted octanol–water partition coefficient (Wildman–Crippen LogP) is 4.51. The molecule has 0 unspecified atom stereocenters. The molecule has 10 heteroatoms. The second-order valence-corrected chi connectivity index (χ2v) is 9.66. The fourth-order valence-corrected chi connectivity index (χ4v) is 4.05. The van der Waals surface area contributed by atoms with E-state index in [4.69, 9.17) is 27.9 Å². The maximum Gasteiger partial charge on any atom is 0.277 e. The molecule has 0 spiro atoms. The number of nitrogens with zero attached hydrogens (tertiary/aromatic N) is 4. The van der Waals surface area contributed by atoms with Crippen molar-refractivity contribution in [2.24, 2.45) is 0 Å². The number of aromatic nitrogens is 4. The number of hydrogen-bond acceptors (Lipinski definition) is 6. The van der Waals surface area contributed by atoms with Crippen molar-refractivity contribution in [2.75, 3.05) is 0 Å². The molecule has 0 atom stereocenters. The Hall–Kier alpha value is -3.46. The fraction of sp³-hybridized carbons (Fsp3) is 0.231. The molecule has 0 radical (unpaired) electrons. The zero-order valence-corrected chi connectivity index (χ0v) is 21.6. The molecule has 0 amide bonds. The molecule has 4 aromatic heterocycles. The highest BCUT2D eigenvalue weighted by molar-refractivity contribution is 6.31. The van der Waals surface area contributed by atoms with E-state index in [0.717, 1.165) is 0 Å². The number of ether oxygens (including phenoxy) is 1. The first-order valence-corrected chi connectivity index (χ1v) is 11.8. The summed E-state index contributed by atoms with van der Waals surface area (Å²) in [4.78, 5) is 34.9. The Morgan fingerprint density at radius 1 is 1.03 bits per heavy atom. The van der Waals surface area contributed by atoms with Gasteiger partial charge in [-0.05, 0) is 57.5 Å². The van der Waals surface area contributed by atoms with Crippen molar-refractivity contribution in [3.8, 4) is 17.3 Å². The largest absolute Gasteiger partial charge is 0.485 e. The van der Waals surface area contributed by atoms with Crippen LogP contribution < -0.4 is 15.9 Å². The summed E-state index contributed by atoms with van der Waals surface area (Å²) in [5, 5.41) is 10.8. The van der Waals surface area contributed by atoms with Gasteiger partial charge in [0.1, 0.15) is 23.2 Å². The van der Waals surface area contributed by atoms with Crippen molar-refractivity contribution in [1.82, 2.24) is 19.1 Å². The number of hydrogen-bond donors (Lipinski definition) is 1. The van der Waals surface area contributed by atoms with Crippen LogP contribution in [-0.4, -0.2) is 24.2 Å². The third kappa shape index (κ3) is 5.06. The van der Waals surface area contributed by atoms with Crippen molar-refractivity contribution in [3.63, 3.8) is 0 Å². The molecule has 36 heavy (non-hydrogen) atoms. The Kier molecular flexibility index (Phi) is 7.04. The molecule has 0 aliphatic rings. The van der Waals surface area contributed by atoms with Gasteiger partial charge in [0.25, 0.3) is 11.1 Å². The molecule has 0 saturated heterocycles. The summed E-state index contributed by atoms with van der Waals surface area (Å²) in [6.07, 6.45) is 4.64. The Bertz CT molecular complexity index is 1550. The lowest BCUT2D eigenvalue weighted by molar-refractivity contribution is 0.0768. The van der Waals surface area contributed by atoms with Crippen molar-refractivity contribution in [1.29, 1.82) is 0 Å². The first kappa shape index (κ1) is 25.6. The van der Waals surface area contributed by atoms with Gasteiger partial charge in [0.2, 0.25) is 0 Å². The van der Waals surface area contributed by atoms with Crippen LogP contribution in [0.25, 0.3) is 11.5 Å². The molecule has 0 aliphatic carbocycles. The molecule has 0 saturated carbocycles. The highest BCUT2D eigenvalue weighted by Crippen LogP contribution is 2.26. The Morgan fingerprint density at radius 2 is 1.78 bits per heavy atom. The van der Waals surface area contributed by atoms with Crippen LogP contribution in [0.2, 0.25) is 10.0 Å². The van der Waals surface area contributed by atoms with E-state index in [-0.39, 0.29) is 22.9 Å². The maximum absolute atomic E-state index is 13.3. The highest BCUT2D eigenvalue weighted by Gasteiger charge is 2.22. The van der Waals surface area contributed by atoms with Gasteiger partial charge in [-0.15, -0.1) is 0 Å². The van der Waals surface area contributed by atoms with Gasteiger partial charge in [0, 0.05) is 42.0 Å². The van der Waals surface area contributed by atoms with Crippen molar-refractivity contribution in [3.05, 3.63) is 108 Å². The third-order valence-electron chi connectivity index (χ3n) is 5.62. The van der Waals surface area contributed by atoms with Gasteiger partial charge in [-0.2, -0.15) is 0 Å². The molecule has 8 nitrogen and oxygen atoms in total. The number of aryl methyl sites for hydroxylation is 2. The summed E-state index contributed by atoms with van der Waals surface area (Å²) in [6.45, 7) is 6.75. The predicted molar refractivity (Wildman–Crippen MR) is 139 cm³/mol. The van der Waals surface area contributed by atoms with Gasteiger partial charge < -0.3 is 9.84 Å². The van der Waals surface area contributed by atoms with Gasteiger partial charge in [0.05, 0.1) is 22.0 Å². The summed E-state index contributed by atoms with van der Waals surface area (Å²) < 4.78 is 8.54. The summed E-state index contributed by atoms with van der Waals surface area (Å²) >= 11 is 12.3. The van der Waals surface area contributed by atoms with Gasteiger partial charge in [-0.25, -0.2) is 4.98 Å². The van der Waals surface area contributed by atoms with Gasteiger partial charge >= 0.3 is 0 Å². The molecule has 4 rings (SSSR count). The van der Waals surface area contributed by atoms with E-state index in [2.05, 4.69) is 9.97 Å². The number of halogens is 2. The van der Waals surface area contributed by atoms with Gasteiger partial charge in [-0.3, -0.25) is 23.7 Å². The van der Waals surface area contributed by atoms with Crippen LogP contribution in [0.1, 0.15) is 36.4 Å². The van der Waals surface area contributed by atoms with E-state index in [1.165, 1.54) is 15.3 Å². The van der Waals surface area contributed by atoms with E-state index in [9.17, 15) is 14.7 Å². The fourth-order valence-electron chi connectivity index (χ4n) is 3.74. The highest BCUT2D eigenvalue weighted by atomic mass is 35.5. The first-order chi connectivity index (χ1) is 17.0. The minimum Gasteiger partial charge on any atom is -0.485 e. The normalized spacial score (nSPS) is 11.5. The number of aliphatic hydroxyl groups is 1. The molecule has 0 fully saturated rings. The van der Waals surface area contributed by atoms with Crippen molar-refractivity contribution < 1.29 is 9.84 Å². The van der Waals surface area contributed by atoms with Crippen LogP contribution in [0.5, 0.6) is 5.75 Å². The van der Waals surface area contributed by atoms with E-state index >= 15 is 0 Å². The lowest BCUT2D eigenvalue weighted by Gasteiger charge is -2.19. The molecule has 0 aliphatic heterocycles. The van der Waals surface area contributed by atoms with Gasteiger partial charge in [0.15, 0.2) is 0 Å². The average Bonchev–Trinajstić information content (AvgIpc) is 2.82. The summed E-state index contributed by atoms with van der Waals surface area (Å²) in [7, 11) is 0. The zero-order valence-electron chi connectivity index (χ0n) is 20.1. The maximum atomic E-state index is 13.3. The summed E-state index contributed by atoms with van der Waals surface area (Å²) in [5.74, 6) is 0.524. The van der Waals surface area contributed by atoms with E-state index < -0.39 is 16.7 Å². The molecule has 0 aromatic carbocycles. The van der Waals surface area contributed by atoms with Crippen molar-refractivity contribution >= 4 is 23.2 Å². The van der Waals surface area contributed by atoms with Crippen molar-refractivity contribution in [2.45, 2.75) is 39.9 Å². The van der Waals surface area contributed by atoms with Gasteiger partial charge in [-0.1, -0.05) is 23.2 Å². The minimum absolute atomic E-state index is 0.0893. The Balaban J connectivity index is 1.75. The molecular formula is C26H24Cl2N4O4. The average molecular weight is 527 g/mol. The summed E-state index contributed by atoms with van der Waals surface area (Å²) in [5.41, 5.74) is 0.421. The molecule has 4 heterocycles. The SMILES string of the molecule is Cc1cnc(-n2cccc(C(C)(C)O)c2=O)cc1-n1c(C)cc(OCc2ccc(Cl)cn2)c(Cl)c1=O. The molecule has 0 bridgehead atoms. The quantitative estimate of drug-likeness (QED) is 0.396. The van der Waals surface area contributed by atoms with E-state index in [1.54, 1.807) is 76.5 Å². The van der Waals surface area contributed by atoms with Crippen LogP contribution in [0, 0.1) is 13.8 Å². The molecule has 4 aromatic rings. The third-order valence-corrected chi connectivity index (χ3v) is 6.19. The minimum atomic E-state index is -1.33. The second kappa shape index (κ2) is 9.89. The lowest BCUT2D eigenvalue weighted by atomic mass is 10.0. The summed E-state index contributed by atoms with van der Waals surface area (Å²) in [6, 6.07) is 9.95. The van der Waals surface area contributed by atoms with Crippen LogP contribution in [-0.2, 0) is 12.2 Å². The zero-order chi connectivity index (χ0) is 26.2. The van der Waals surface area contributed by atoms with E-state index in [0.29, 0.717) is 33.5 Å². The van der Waals surface area contributed by atoms with Crippen LogP contribution in [0.3, 0.4) is 0 Å². The number of rotatable bonds is 6. The van der Waals surface area contributed by atoms with E-state index in [1.807, 2.05) is 0 Å². The molecular weight excluding hydrogens is 503 g/mol. The standard InChI is InChI=1S/C26H24Cl2N4O4/c1-15-12-30-22(31-9-5-6-19(24(31)33)26(3,4)35)11-20(15)32-16(2)10-21(23(28)25(32)34)36-14-18-8-7-17(27)13-29-18/h5-13,35H,14H2,1-4H3. The van der Waals surface area contributed by atoms with Crippen LogP contribution in [0.15, 0.2) is 64.6 Å². The topological polar surface area (TPSA) is 99.2 Å². The Labute approximate surface area is 217 Å². The Morgan fingerprint density at radius 3 is 2.44 bits per heavy atom.